The molecule has 0 aromatic heterocycles. The van der Waals surface area contributed by atoms with Crippen molar-refractivity contribution in [2.45, 2.75) is 18.9 Å². The Balaban J connectivity index is 2.34. The van der Waals surface area contributed by atoms with Gasteiger partial charge in [0.15, 0.2) is 29.1 Å². The van der Waals surface area contributed by atoms with Crippen LogP contribution in [0.3, 0.4) is 0 Å². The fourth-order valence-corrected chi connectivity index (χ4v) is 1.51. The Morgan fingerprint density at radius 2 is 1.95 bits per heavy atom. The van der Waals surface area contributed by atoms with Gasteiger partial charge in [-0.3, -0.25) is 9.79 Å². The van der Waals surface area contributed by atoms with Crippen molar-refractivity contribution in [1.29, 1.82) is 5.26 Å². The van der Waals surface area contributed by atoms with E-state index in [9.17, 15) is 22.4 Å². The van der Waals surface area contributed by atoms with E-state index in [0.717, 1.165) is 19.1 Å². The lowest BCUT2D eigenvalue weighted by molar-refractivity contribution is 0.0970. The number of nitrogens with zero attached hydrogens (tertiary/aromatic N) is 2. The van der Waals surface area contributed by atoms with Gasteiger partial charge in [0.1, 0.15) is 5.92 Å². The summed E-state index contributed by atoms with van der Waals surface area (Å²) in [6.45, 7) is 0. The van der Waals surface area contributed by atoms with Crippen LogP contribution in [0.15, 0.2) is 11.1 Å². The monoisotopic (exact) mass is 284 g/mol. The highest BCUT2D eigenvalue weighted by Crippen LogP contribution is 2.24. The third-order valence-corrected chi connectivity index (χ3v) is 2.78. The molecule has 1 aromatic carbocycles. The SMILES string of the molecule is N#CC(C=NC1CC1)C(=O)c1cc(F)c(F)c(F)c1F. The Kier molecular flexibility index (Phi) is 3.84. The van der Waals surface area contributed by atoms with E-state index < -0.39 is 40.5 Å². The molecule has 1 aliphatic rings. The number of carbonyl (C=O) groups excluding carboxylic acids is 1. The van der Waals surface area contributed by atoms with Crippen LogP contribution in [0.2, 0.25) is 0 Å². The molecule has 1 unspecified atom stereocenters. The maximum absolute atomic E-state index is 13.4. The summed E-state index contributed by atoms with van der Waals surface area (Å²) >= 11 is 0. The highest BCUT2D eigenvalue weighted by Gasteiger charge is 2.28. The summed E-state index contributed by atoms with van der Waals surface area (Å²) in [5, 5.41) is 8.83. The molecule has 0 spiro atoms. The second kappa shape index (κ2) is 5.41. The van der Waals surface area contributed by atoms with Gasteiger partial charge in [0.25, 0.3) is 0 Å². The summed E-state index contributed by atoms with van der Waals surface area (Å²) in [7, 11) is 0. The minimum absolute atomic E-state index is 0.0326. The lowest BCUT2D eigenvalue weighted by Gasteiger charge is -2.06. The number of aliphatic imine (C=N–C) groups is 1. The minimum atomic E-state index is -2.08. The Labute approximate surface area is 111 Å². The highest BCUT2D eigenvalue weighted by atomic mass is 19.2. The first kappa shape index (κ1) is 14.2. The number of Topliss-reactive ketones (excluding diaryl/α,β-unsaturated/α-hetero) is 1. The van der Waals surface area contributed by atoms with Gasteiger partial charge in [-0.05, 0) is 18.9 Å². The third-order valence-electron chi connectivity index (χ3n) is 2.78. The zero-order chi connectivity index (χ0) is 14.9. The average Bonchev–Trinajstić information content (AvgIpc) is 3.25. The van der Waals surface area contributed by atoms with Gasteiger partial charge in [-0.15, -0.1) is 0 Å². The quantitative estimate of drug-likeness (QED) is 0.281. The van der Waals surface area contributed by atoms with Crippen molar-refractivity contribution in [3.05, 3.63) is 34.9 Å². The molecule has 1 fully saturated rings. The summed E-state index contributed by atoms with van der Waals surface area (Å²) in [6.07, 6.45) is 2.69. The number of carbonyl (C=O) groups is 1. The van der Waals surface area contributed by atoms with E-state index in [2.05, 4.69) is 4.99 Å². The van der Waals surface area contributed by atoms with Crippen molar-refractivity contribution in [2.24, 2.45) is 10.9 Å². The Hall–Kier alpha value is -2.23. The molecule has 1 saturated carbocycles. The highest BCUT2D eigenvalue weighted by molar-refractivity contribution is 6.08. The Morgan fingerprint density at radius 1 is 1.30 bits per heavy atom. The van der Waals surface area contributed by atoms with Crippen molar-refractivity contribution in [1.82, 2.24) is 0 Å². The summed E-state index contributed by atoms with van der Waals surface area (Å²) in [4.78, 5) is 15.7. The molecule has 7 heteroatoms. The molecule has 0 saturated heterocycles. The first-order chi connectivity index (χ1) is 9.45. The molecule has 1 aliphatic carbocycles. The maximum Gasteiger partial charge on any atom is 0.198 e. The van der Waals surface area contributed by atoms with E-state index in [4.69, 9.17) is 5.26 Å². The lowest BCUT2D eigenvalue weighted by Crippen LogP contribution is -2.18. The normalized spacial score (nSPS) is 16.1. The molecular weight excluding hydrogens is 276 g/mol. The zero-order valence-corrected chi connectivity index (χ0v) is 10.0. The van der Waals surface area contributed by atoms with Crippen molar-refractivity contribution in [2.75, 3.05) is 0 Å². The Morgan fingerprint density at radius 3 is 2.50 bits per heavy atom. The summed E-state index contributed by atoms with van der Waals surface area (Å²) in [5.74, 6) is -10.2. The van der Waals surface area contributed by atoms with Gasteiger partial charge in [-0.25, -0.2) is 17.6 Å². The van der Waals surface area contributed by atoms with Crippen LogP contribution in [0.4, 0.5) is 17.6 Å². The van der Waals surface area contributed by atoms with Gasteiger partial charge in [-0.2, -0.15) is 5.26 Å². The van der Waals surface area contributed by atoms with E-state index in [1.807, 2.05) is 0 Å². The number of benzene rings is 1. The molecule has 0 amide bonds. The van der Waals surface area contributed by atoms with Crippen LogP contribution >= 0.6 is 0 Å². The zero-order valence-electron chi connectivity index (χ0n) is 10.0. The van der Waals surface area contributed by atoms with Crippen molar-refractivity contribution >= 4 is 12.0 Å². The van der Waals surface area contributed by atoms with Crippen molar-refractivity contribution in [3.63, 3.8) is 0 Å². The van der Waals surface area contributed by atoms with E-state index in [-0.39, 0.29) is 12.1 Å². The molecule has 0 radical (unpaired) electrons. The topological polar surface area (TPSA) is 53.2 Å². The first-order valence-corrected chi connectivity index (χ1v) is 5.75. The molecule has 3 nitrogen and oxygen atoms in total. The van der Waals surface area contributed by atoms with E-state index >= 15 is 0 Å². The summed E-state index contributed by atoms with van der Waals surface area (Å²) in [5.41, 5.74) is -1.00. The molecule has 2 rings (SSSR count). The number of hydrogen-bond donors (Lipinski definition) is 0. The predicted octanol–water partition coefficient (Wildman–Crippen LogP) is 2.80. The molecule has 1 atom stereocenters. The van der Waals surface area contributed by atoms with E-state index in [1.165, 1.54) is 0 Å². The van der Waals surface area contributed by atoms with E-state index in [1.54, 1.807) is 6.07 Å². The van der Waals surface area contributed by atoms with E-state index in [0.29, 0.717) is 0 Å². The van der Waals surface area contributed by atoms with Crippen LogP contribution in [0, 0.1) is 40.5 Å². The maximum atomic E-state index is 13.4. The number of ketones is 1. The fourth-order valence-electron chi connectivity index (χ4n) is 1.51. The number of rotatable bonds is 4. The van der Waals surface area contributed by atoms with Gasteiger partial charge in [0, 0.05) is 12.3 Å². The molecule has 0 N–H and O–H groups in total. The van der Waals surface area contributed by atoms with Gasteiger partial charge >= 0.3 is 0 Å². The lowest BCUT2D eigenvalue weighted by atomic mass is 9.99. The van der Waals surface area contributed by atoms with Gasteiger partial charge in [0.2, 0.25) is 0 Å². The summed E-state index contributed by atoms with van der Waals surface area (Å²) in [6, 6.07) is 1.83. The van der Waals surface area contributed by atoms with Crippen LogP contribution in [-0.2, 0) is 0 Å². The summed E-state index contributed by atoms with van der Waals surface area (Å²) < 4.78 is 52.3. The second-order valence-corrected chi connectivity index (χ2v) is 4.35. The van der Waals surface area contributed by atoms with Gasteiger partial charge in [0.05, 0.1) is 11.6 Å². The van der Waals surface area contributed by atoms with Crippen molar-refractivity contribution < 1.29 is 22.4 Å². The molecule has 104 valence electrons. The third kappa shape index (κ3) is 2.69. The van der Waals surface area contributed by atoms with Crippen LogP contribution < -0.4 is 0 Å². The molecule has 0 bridgehead atoms. The van der Waals surface area contributed by atoms with Crippen LogP contribution in [0.1, 0.15) is 23.2 Å². The smallest absolute Gasteiger partial charge is 0.198 e. The average molecular weight is 284 g/mol. The van der Waals surface area contributed by atoms with Crippen LogP contribution in [-0.4, -0.2) is 18.0 Å². The number of hydrogen-bond acceptors (Lipinski definition) is 3. The molecule has 20 heavy (non-hydrogen) atoms. The van der Waals surface area contributed by atoms with Gasteiger partial charge in [-0.1, -0.05) is 0 Å². The predicted molar refractivity (Wildman–Crippen MR) is 61.2 cm³/mol. The Bertz CT molecular complexity index is 632. The van der Waals surface area contributed by atoms with Crippen LogP contribution in [0.5, 0.6) is 0 Å². The van der Waals surface area contributed by atoms with Crippen LogP contribution in [0.25, 0.3) is 0 Å². The molecular formula is C13H8F4N2O. The molecule has 1 aromatic rings. The standard InChI is InChI=1S/C13H8F4N2O/c14-9-3-8(10(15)12(17)11(9)16)13(20)6(4-18)5-19-7-1-2-7/h3,5-7H,1-2H2. The van der Waals surface area contributed by atoms with Crippen molar-refractivity contribution in [3.8, 4) is 6.07 Å². The molecule has 0 aliphatic heterocycles. The molecule has 0 heterocycles. The number of halogens is 4. The minimum Gasteiger partial charge on any atom is -0.292 e. The van der Waals surface area contributed by atoms with Gasteiger partial charge < -0.3 is 0 Å². The second-order valence-electron chi connectivity index (χ2n) is 4.35. The number of nitriles is 1. The fraction of sp³-hybridized carbons (Fsp3) is 0.308. The largest absolute Gasteiger partial charge is 0.292 e. The first-order valence-electron chi connectivity index (χ1n) is 5.75.